The minimum atomic E-state index is 0.163. The van der Waals surface area contributed by atoms with Crippen molar-refractivity contribution in [2.24, 2.45) is 0 Å². The molecule has 3 heterocycles. The van der Waals surface area contributed by atoms with Crippen LogP contribution in [0.2, 0.25) is 0 Å². The lowest BCUT2D eigenvalue weighted by Crippen LogP contribution is -2.45. The molecule has 0 unspecified atom stereocenters. The fourth-order valence-electron chi connectivity index (χ4n) is 3.93. The van der Waals surface area contributed by atoms with E-state index in [2.05, 4.69) is 33.3 Å². The Morgan fingerprint density at radius 1 is 1.00 bits per heavy atom. The Morgan fingerprint density at radius 3 is 2.34 bits per heavy atom. The van der Waals surface area contributed by atoms with Crippen molar-refractivity contribution in [1.29, 1.82) is 0 Å². The van der Waals surface area contributed by atoms with Crippen molar-refractivity contribution in [3.8, 4) is 17.0 Å². The topological polar surface area (TPSA) is 59.0 Å². The van der Waals surface area contributed by atoms with Crippen molar-refractivity contribution in [3.05, 3.63) is 48.3 Å². The minimum Gasteiger partial charge on any atom is -0.491 e. The maximum absolute atomic E-state index is 6.09. The summed E-state index contributed by atoms with van der Waals surface area (Å²) >= 11 is 0. The average Bonchev–Trinajstić information content (AvgIpc) is 3.06. The lowest BCUT2D eigenvalue weighted by Gasteiger charge is -2.34. The number of nitrogen functional groups attached to an aromatic ring is 1. The van der Waals surface area contributed by atoms with Gasteiger partial charge in [-0.15, -0.1) is 0 Å². The zero-order valence-corrected chi connectivity index (χ0v) is 17.6. The van der Waals surface area contributed by atoms with E-state index < -0.39 is 0 Å². The fraction of sp³-hybridized carbons (Fsp3) is 0.435. The molecule has 2 aromatic heterocycles. The van der Waals surface area contributed by atoms with E-state index in [1.165, 1.54) is 5.69 Å². The lowest BCUT2D eigenvalue weighted by molar-refractivity contribution is 0.131. The van der Waals surface area contributed by atoms with Crippen molar-refractivity contribution in [1.82, 2.24) is 19.2 Å². The van der Waals surface area contributed by atoms with Crippen LogP contribution in [-0.2, 0) is 6.54 Å². The summed E-state index contributed by atoms with van der Waals surface area (Å²) in [5, 5.41) is 0. The molecule has 0 atom stereocenters. The first-order valence-corrected chi connectivity index (χ1v) is 10.5. The highest BCUT2D eigenvalue weighted by molar-refractivity contribution is 5.68. The zero-order valence-electron chi connectivity index (χ0n) is 17.6. The second-order valence-corrected chi connectivity index (χ2v) is 8.00. The summed E-state index contributed by atoms with van der Waals surface area (Å²) in [7, 11) is 0. The number of benzene rings is 1. The summed E-state index contributed by atoms with van der Waals surface area (Å²) in [5.41, 5.74) is 11.1. The Bertz CT molecular complexity index is 955. The second kappa shape index (κ2) is 8.43. The molecule has 0 bridgehead atoms. The van der Waals surface area contributed by atoms with Gasteiger partial charge in [-0.2, -0.15) is 0 Å². The van der Waals surface area contributed by atoms with Gasteiger partial charge in [-0.3, -0.25) is 4.90 Å². The number of nitrogens with zero attached hydrogens (tertiary/aromatic N) is 4. The Hall–Kier alpha value is -2.57. The molecule has 3 aromatic rings. The third-order valence-electron chi connectivity index (χ3n) is 5.53. The molecule has 0 amide bonds. The van der Waals surface area contributed by atoms with Crippen LogP contribution < -0.4 is 10.5 Å². The SMILES string of the molecule is CCN1CCN(Cc2c(-c3ccc(OC(C)C)cc3)nc3ccc(N)cn23)CC1. The number of pyridine rings is 1. The van der Waals surface area contributed by atoms with Gasteiger partial charge in [0.15, 0.2) is 0 Å². The third-order valence-corrected chi connectivity index (χ3v) is 5.53. The number of ether oxygens (including phenoxy) is 1. The Kier molecular flexibility index (Phi) is 5.74. The number of fused-ring (bicyclic) bond motifs is 1. The summed E-state index contributed by atoms with van der Waals surface area (Å²) in [6.07, 6.45) is 2.15. The molecule has 0 aliphatic carbocycles. The molecule has 0 spiro atoms. The van der Waals surface area contributed by atoms with Crippen molar-refractivity contribution >= 4 is 11.3 Å². The van der Waals surface area contributed by atoms with Gasteiger partial charge in [0, 0.05) is 50.2 Å². The number of hydrogen-bond donors (Lipinski definition) is 1. The summed E-state index contributed by atoms with van der Waals surface area (Å²) in [6.45, 7) is 12.7. The van der Waals surface area contributed by atoms with Gasteiger partial charge in [0.1, 0.15) is 11.4 Å². The van der Waals surface area contributed by atoms with E-state index in [4.69, 9.17) is 15.5 Å². The quantitative estimate of drug-likeness (QED) is 0.694. The Balaban J connectivity index is 1.67. The van der Waals surface area contributed by atoms with Crippen molar-refractivity contribution in [3.63, 3.8) is 0 Å². The first-order chi connectivity index (χ1) is 14.0. The van der Waals surface area contributed by atoms with Crippen LogP contribution in [0, 0.1) is 0 Å². The summed E-state index contributed by atoms with van der Waals surface area (Å²) < 4.78 is 7.95. The summed E-state index contributed by atoms with van der Waals surface area (Å²) in [6, 6.07) is 12.2. The molecular formula is C23H31N5O. The molecule has 6 heteroatoms. The first-order valence-electron chi connectivity index (χ1n) is 10.5. The van der Waals surface area contributed by atoms with Crippen LogP contribution in [0.3, 0.4) is 0 Å². The number of anilines is 1. The number of nitrogens with two attached hydrogens (primary N) is 1. The van der Waals surface area contributed by atoms with Crippen molar-refractivity contribution in [2.75, 3.05) is 38.5 Å². The number of piperazine rings is 1. The number of imidazole rings is 1. The van der Waals surface area contributed by atoms with Gasteiger partial charge in [-0.1, -0.05) is 6.92 Å². The van der Waals surface area contributed by atoms with Gasteiger partial charge in [0.25, 0.3) is 0 Å². The van der Waals surface area contributed by atoms with Crippen LogP contribution in [0.4, 0.5) is 5.69 Å². The number of likely N-dealkylation sites (N-methyl/N-ethyl adjacent to an activating group) is 1. The molecule has 154 valence electrons. The van der Waals surface area contributed by atoms with Crippen LogP contribution >= 0.6 is 0 Å². The summed E-state index contributed by atoms with van der Waals surface area (Å²) in [5.74, 6) is 0.883. The monoisotopic (exact) mass is 393 g/mol. The molecule has 0 radical (unpaired) electrons. The van der Waals surface area contributed by atoms with Gasteiger partial charge in [-0.05, 0) is 56.8 Å². The maximum Gasteiger partial charge on any atom is 0.137 e. The maximum atomic E-state index is 6.09. The van der Waals surface area contributed by atoms with Crippen LogP contribution in [-0.4, -0.2) is 58.0 Å². The molecule has 1 fully saturated rings. The number of hydrogen-bond acceptors (Lipinski definition) is 5. The predicted molar refractivity (Wildman–Crippen MR) is 118 cm³/mol. The highest BCUT2D eigenvalue weighted by Gasteiger charge is 2.21. The van der Waals surface area contributed by atoms with E-state index in [1.54, 1.807) is 0 Å². The second-order valence-electron chi connectivity index (χ2n) is 8.00. The lowest BCUT2D eigenvalue weighted by atomic mass is 10.1. The van der Waals surface area contributed by atoms with Gasteiger partial charge in [0.05, 0.1) is 17.5 Å². The molecule has 6 nitrogen and oxygen atoms in total. The van der Waals surface area contributed by atoms with Crippen LogP contribution in [0.1, 0.15) is 26.5 Å². The molecule has 2 N–H and O–H groups in total. The minimum absolute atomic E-state index is 0.163. The molecule has 29 heavy (non-hydrogen) atoms. The summed E-state index contributed by atoms with van der Waals surface area (Å²) in [4.78, 5) is 9.95. The third kappa shape index (κ3) is 4.38. The molecule has 1 aromatic carbocycles. The Morgan fingerprint density at radius 2 is 1.69 bits per heavy atom. The smallest absolute Gasteiger partial charge is 0.137 e. The van der Waals surface area contributed by atoms with E-state index >= 15 is 0 Å². The van der Waals surface area contributed by atoms with Gasteiger partial charge in [-0.25, -0.2) is 4.98 Å². The molecule has 1 aliphatic rings. The average molecular weight is 394 g/mol. The van der Waals surface area contributed by atoms with Gasteiger partial charge >= 0.3 is 0 Å². The highest BCUT2D eigenvalue weighted by Crippen LogP contribution is 2.28. The molecule has 4 rings (SSSR count). The van der Waals surface area contributed by atoms with Gasteiger partial charge in [0.2, 0.25) is 0 Å². The highest BCUT2D eigenvalue weighted by atomic mass is 16.5. The van der Waals surface area contributed by atoms with E-state index in [0.29, 0.717) is 0 Å². The van der Waals surface area contributed by atoms with E-state index in [-0.39, 0.29) is 6.10 Å². The van der Waals surface area contributed by atoms with Crippen LogP contribution in [0.25, 0.3) is 16.9 Å². The molecule has 0 saturated carbocycles. The normalized spacial score (nSPS) is 16.0. The van der Waals surface area contributed by atoms with Crippen LogP contribution in [0.5, 0.6) is 5.75 Å². The largest absolute Gasteiger partial charge is 0.491 e. The first kappa shape index (κ1) is 19.7. The standard InChI is InChI=1S/C23H31N5O/c1-4-26-11-13-27(14-12-26)16-21-23(25-22-10-7-19(24)15-28(21)22)18-5-8-20(9-6-18)29-17(2)3/h5-10,15,17H,4,11-14,16,24H2,1-3H3. The number of aromatic nitrogens is 2. The van der Waals surface area contributed by atoms with Crippen molar-refractivity contribution in [2.45, 2.75) is 33.4 Å². The number of rotatable bonds is 6. The Labute approximate surface area is 172 Å². The molecule has 1 aliphatic heterocycles. The predicted octanol–water partition coefficient (Wildman–Crippen LogP) is 3.51. The van der Waals surface area contributed by atoms with E-state index in [9.17, 15) is 0 Å². The van der Waals surface area contributed by atoms with E-state index in [0.717, 1.165) is 67.6 Å². The van der Waals surface area contributed by atoms with Crippen molar-refractivity contribution < 1.29 is 4.74 Å². The molecular weight excluding hydrogens is 362 g/mol. The zero-order chi connectivity index (χ0) is 20.4. The van der Waals surface area contributed by atoms with Gasteiger partial charge < -0.3 is 19.8 Å². The fourth-order valence-corrected chi connectivity index (χ4v) is 3.93. The van der Waals surface area contributed by atoms with Crippen LogP contribution in [0.15, 0.2) is 42.6 Å². The molecule has 1 saturated heterocycles. The van der Waals surface area contributed by atoms with E-state index in [1.807, 2.05) is 44.3 Å².